The number of sulfonamides is 1. The molecule has 1 fully saturated rings. The summed E-state index contributed by atoms with van der Waals surface area (Å²) in [4.78, 5) is 0.0322. The summed E-state index contributed by atoms with van der Waals surface area (Å²) in [6.07, 6.45) is 2.79. The van der Waals surface area contributed by atoms with Crippen LogP contribution in [0.1, 0.15) is 38.7 Å². The van der Waals surface area contributed by atoms with Crippen LogP contribution in [0, 0.1) is 24.6 Å². The van der Waals surface area contributed by atoms with Gasteiger partial charge >= 0.3 is 0 Å². The van der Waals surface area contributed by atoms with E-state index in [1.807, 2.05) is 0 Å². The normalized spacial score (nSPS) is 26.8. The minimum atomic E-state index is -3.67. The van der Waals surface area contributed by atoms with Crippen molar-refractivity contribution in [3.8, 4) is 0 Å². The zero-order chi connectivity index (χ0) is 15.8. The Labute approximate surface area is 126 Å². The molecule has 0 heterocycles. The molecule has 6 heteroatoms. The number of aryl methyl sites for hydroxylation is 1. The Balaban J connectivity index is 2.22. The van der Waals surface area contributed by atoms with E-state index in [2.05, 4.69) is 18.6 Å². The van der Waals surface area contributed by atoms with Crippen molar-refractivity contribution in [2.45, 2.75) is 51.0 Å². The Kier molecular flexibility index (Phi) is 4.58. The van der Waals surface area contributed by atoms with Crippen LogP contribution >= 0.6 is 0 Å². The molecule has 4 nitrogen and oxygen atoms in total. The quantitative estimate of drug-likeness (QED) is 0.843. The van der Waals surface area contributed by atoms with Crippen molar-refractivity contribution in [2.24, 2.45) is 11.8 Å². The highest BCUT2D eigenvalue weighted by Gasteiger charge is 2.28. The minimum Gasteiger partial charge on any atom is -0.396 e. The number of anilines is 1. The maximum absolute atomic E-state index is 13.5. The van der Waals surface area contributed by atoms with Gasteiger partial charge in [0.15, 0.2) is 0 Å². The Hall–Kier alpha value is -1.14. The van der Waals surface area contributed by atoms with Crippen LogP contribution in [0.4, 0.5) is 10.1 Å². The van der Waals surface area contributed by atoms with Crippen molar-refractivity contribution in [1.82, 2.24) is 4.72 Å². The molecule has 1 aromatic rings. The lowest BCUT2D eigenvalue weighted by Crippen LogP contribution is -2.40. The van der Waals surface area contributed by atoms with E-state index < -0.39 is 15.8 Å². The molecule has 2 atom stereocenters. The molecule has 0 aliphatic heterocycles. The Morgan fingerprint density at radius 3 is 2.29 bits per heavy atom. The SMILES string of the molecule is Cc1cc(S(=O)(=O)NC2CC(C)CC(C)C2)cc(N)c1F. The lowest BCUT2D eigenvalue weighted by Gasteiger charge is -2.31. The molecule has 0 aromatic heterocycles. The first-order chi connectivity index (χ1) is 9.69. The fourth-order valence-electron chi connectivity index (χ4n) is 3.25. The summed E-state index contributed by atoms with van der Waals surface area (Å²) < 4.78 is 41.1. The monoisotopic (exact) mass is 314 g/mol. The average molecular weight is 314 g/mol. The number of nitrogens with two attached hydrogens (primary N) is 1. The smallest absolute Gasteiger partial charge is 0.240 e. The Morgan fingerprint density at radius 2 is 1.76 bits per heavy atom. The zero-order valence-corrected chi connectivity index (χ0v) is 13.5. The van der Waals surface area contributed by atoms with Gasteiger partial charge in [-0.05, 0) is 55.7 Å². The van der Waals surface area contributed by atoms with E-state index in [1.54, 1.807) is 0 Å². The summed E-state index contributed by atoms with van der Waals surface area (Å²) in [7, 11) is -3.67. The van der Waals surface area contributed by atoms with E-state index in [9.17, 15) is 12.8 Å². The topological polar surface area (TPSA) is 72.2 Å². The van der Waals surface area contributed by atoms with Gasteiger partial charge in [-0.3, -0.25) is 0 Å². The fraction of sp³-hybridized carbons (Fsp3) is 0.600. The van der Waals surface area contributed by atoms with Crippen LogP contribution in [0.25, 0.3) is 0 Å². The number of hydrogen-bond donors (Lipinski definition) is 2. The lowest BCUT2D eigenvalue weighted by molar-refractivity contribution is 0.257. The van der Waals surface area contributed by atoms with E-state index in [0.29, 0.717) is 11.8 Å². The van der Waals surface area contributed by atoms with Crippen LogP contribution in [0.5, 0.6) is 0 Å². The number of hydrogen-bond acceptors (Lipinski definition) is 3. The molecule has 1 aromatic carbocycles. The number of rotatable bonds is 3. The first-order valence-electron chi connectivity index (χ1n) is 7.27. The molecule has 21 heavy (non-hydrogen) atoms. The van der Waals surface area contributed by atoms with Gasteiger partial charge in [0.25, 0.3) is 0 Å². The van der Waals surface area contributed by atoms with Gasteiger partial charge in [0.1, 0.15) is 5.82 Å². The summed E-state index contributed by atoms with van der Waals surface area (Å²) in [5, 5.41) is 0. The van der Waals surface area contributed by atoms with E-state index in [0.717, 1.165) is 19.3 Å². The lowest BCUT2D eigenvalue weighted by atomic mass is 9.81. The van der Waals surface area contributed by atoms with Crippen LogP contribution in [0.3, 0.4) is 0 Å². The van der Waals surface area contributed by atoms with Crippen molar-refractivity contribution < 1.29 is 12.8 Å². The van der Waals surface area contributed by atoms with Crippen LogP contribution in [-0.2, 0) is 10.0 Å². The molecule has 2 unspecified atom stereocenters. The molecule has 1 aliphatic carbocycles. The van der Waals surface area contributed by atoms with Crippen LogP contribution in [0.15, 0.2) is 17.0 Å². The molecule has 2 rings (SSSR count). The molecule has 1 aliphatic rings. The van der Waals surface area contributed by atoms with Gasteiger partial charge in [-0.1, -0.05) is 13.8 Å². The zero-order valence-electron chi connectivity index (χ0n) is 12.7. The van der Waals surface area contributed by atoms with Gasteiger partial charge in [-0.25, -0.2) is 17.5 Å². The van der Waals surface area contributed by atoms with Crippen LogP contribution in [0.2, 0.25) is 0 Å². The van der Waals surface area contributed by atoms with Gasteiger partial charge in [0.05, 0.1) is 10.6 Å². The molecule has 118 valence electrons. The molecule has 0 spiro atoms. The predicted molar refractivity (Wildman–Crippen MR) is 81.8 cm³/mol. The molecular weight excluding hydrogens is 291 g/mol. The maximum atomic E-state index is 13.5. The molecule has 0 bridgehead atoms. The fourth-order valence-corrected chi connectivity index (χ4v) is 4.63. The van der Waals surface area contributed by atoms with Crippen LogP contribution in [-0.4, -0.2) is 14.5 Å². The number of nitrogens with one attached hydrogen (secondary N) is 1. The van der Waals surface area contributed by atoms with Gasteiger partial charge < -0.3 is 5.73 Å². The molecule has 3 N–H and O–H groups in total. The van der Waals surface area contributed by atoms with Crippen molar-refractivity contribution >= 4 is 15.7 Å². The van der Waals surface area contributed by atoms with Crippen LogP contribution < -0.4 is 10.5 Å². The maximum Gasteiger partial charge on any atom is 0.240 e. The molecule has 0 amide bonds. The van der Waals surface area contributed by atoms with Crippen molar-refractivity contribution in [1.29, 1.82) is 0 Å². The predicted octanol–water partition coefficient (Wildman–Crippen LogP) is 2.82. The highest BCUT2D eigenvalue weighted by atomic mass is 32.2. The van der Waals surface area contributed by atoms with Gasteiger partial charge in [-0.2, -0.15) is 0 Å². The van der Waals surface area contributed by atoms with Gasteiger partial charge in [0.2, 0.25) is 10.0 Å². The number of halogens is 1. The van der Waals surface area contributed by atoms with E-state index in [1.165, 1.54) is 19.1 Å². The average Bonchev–Trinajstić information content (AvgIpc) is 2.33. The third-order valence-corrected chi connectivity index (χ3v) is 5.57. The summed E-state index contributed by atoms with van der Waals surface area (Å²) in [6.45, 7) is 5.78. The largest absolute Gasteiger partial charge is 0.396 e. The second-order valence-corrected chi connectivity index (χ2v) is 8.09. The molecular formula is C15H23FN2O2S. The van der Waals surface area contributed by atoms with Crippen molar-refractivity contribution in [2.75, 3.05) is 5.73 Å². The Morgan fingerprint density at radius 1 is 1.19 bits per heavy atom. The van der Waals surface area contributed by atoms with E-state index in [4.69, 9.17) is 5.73 Å². The highest BCUT2D eigenvalue weighted by Crippen LogP contribution is 2.30. The Bertz CT molecular complexity index is 598. The van der Waals surface area contributed by atoms with Gasteiger partial charge in [0, 0.05) is 6.04 Å². The van der Waals surface area contributed by atoms with Crippen molar-refractivity contribution in [3.05, 3.63) is 23.5 Å². The summed E-state index contributed by atoms with van der Waals surface area (Å²) >= 11 is 0. The third kappa shape index (κ3) is 3.74. The number of nitrogen functional groups attached to an aromatic ring is 1. The molecule has 0 radical (unpaired) electrons. The third-order valence-electron chi connectivity index (χ3n) is 4.07. The number of benzene rings is 1. The standard InChI is InChI=1S/C15H23FN2O2S/c1-9-4-10(2)6-12(5-9)18-21(19,20)13-7-11(3)15(16)14(17)8-13/h7-10,12,18H,4-6,17H2,1-3H3. The first kappa shape index (κ1) is 16.2. The van der Waals surface area contributed by atoms with E-state index in [-0.39, 0.29) is 22.2 Å². The first-order valence-corrected chi connectivity index (χ1v) is 8.75. The summed E-state index contributed by atoms with van der Waals surface area (Å²) in [5.41, 5.74) is 5.63. The highest BCUT2D eigenvalue weighted by molar-refractivity contribution is 7.89. The van der Waals surface area contributed by atoms with E-state index >= 15 is 0 Å². The molecule has 0 saturated heterocycles. The second-order valence-electron chi connectivity index (χ2n) is 6.38. The minimum absolute atomic E-state index is 0.0322. The van der Waals surface area contributed by atoms with Crippen molar-refractivity contribution in [3.63, 3.8) is 0 Å². The summed E-state index contributed by atoms with van der Waals surface area (Å²) in [5.74, 6) is 0.441. The summed E-state index contributed by atoms with van der Waals surface area (Å²) in [6, 6.07) is 2.43. The second kappa shape index (κ2) is 5.93. The molecule has 1 saturated carbocycles. The van der Waals surface area contributed by atoms with Gasteiger partial charge in [-0.15, -0.1) is 0 Å².